The maximum Gasteiger partial charge on any atom is 0.238 e. The SMILES string of the molecule is NC(=NO)C1(C(=O)Nc2cccc(Br)c2)CCOCC1. The van der Waals surface area contributed by atoms with E-state index in [2.05, 4.69) is 26.4 Å². The average molecular weight is 342 g/mol. The zero-order valence-corrected chi connectivity index (χ0v) is 12.4. The Kier molecular flexibility index (Phi) is 4.61. The number of hydrogen-bond donors (Lipinski definition) is 3. The molecule has 1 aromatic rings. The highest BCUT2D eigenvalue weighted by Crippen LogP contribution is 2.32. The van der Waals surface area contributed by atoms with Crippen molar-refractivity contribution in [2.24, 2.45) is 16.3 Å². The van der Waals surface area contributed by atoms with Crippen LogP contribution in [0.4, 0.5) is 5.69 Å². The van der Waals surface area contributed by atoms with E-state index >= 15 is 0 Å². The molecule has 1 fully saturated rings. The zero-order valence-electron chi connectivity index (χ0n) is 10.8. The molecule has 1 saturated heterocycles. The Morgan fingerprint density at radius 3 is 2.75 bits per heavy atom. The number of amides is 1. The lowest BCUT2D eigenvalue weighted by molar-refractivity contribution is -0.126. The molecule has 0 saturated carbocycles. The van der Waals surface area contributed by atoms with Crippen LogP contribution in [-0.2, 0) is 9.53 Å². The molecule has 2 rings (SSSR count). The lowest BCUT2D eigenvalue weighted by atomic mass is 9.78. The molecule has 1 aliphatic heterocycles. The normalized spacial score (nSPS) is 18.6. The number of rotatable bonds is 3. The minimum atomic E-state index is -1.02. The first-order valence-electron chi connectivity index (χ1n) is 6.21. The maximum absolute atomic E-state index is 12.5. The molecule has 1 amide bonds. The molecule has 4 N–H and O–H groups in total. The molecule has 1 aromatic carbocycles. The second-order valence-electron chi connectivity index (χ2n) is 4.64. The fraction of sp³-hybridized carbons (Fsp3) is 0.385. The number of benzene rings is 1. The summed E-state index contributed by atoms with van der Waals surface area (Å²) in [7, 11) is 0. The molecule has 0 atom stereocenters. The van der Waals surface area contributed by atoms with Gasteiger partial charge in [0.1, 0.15) is 5.41 Å². The van der Waals surface area contributed by atoms with Crippen molar-refractivity contribution in [3.63, 3.8) is 0 Å². The van der Waals surface area contributed by atoms with Gasteiger partial charge in [0.2, 0.25) is 5.91 Å². The van der Waals surface area contributed by atoms with Gasteiger partial charge in [0.05, 0.1) is 0 Å². The lowest BCUT2D eigenvalue weighted by Crippen LogP contribution is -2.50. The molecule has 0 unspecified atom stereocenters. The minimum absolute atomic E-state index is 0.0757. The van der Waals surface area contributed by atoms with Crippen molar-refractivity contribution in [1.82, 2.24) is 0 Å². The van der Waals surface area contributed by atoms with Crippen molar-refractivity contribution >= 4 is 33.4 Å². The highest BCUT2D eigenvalue weighted by molar-refractivity contribution is 9.10. The smallest absolute Gasteiger partial charge is 0.238 e. The van der Waals surface area contributed by atoms with Gasteiger partial charge in [0.15, 0.2) is 5.84 Å². The second kappa shape index (κ2) is 6.23. The Balaban J connectivity index is 2.23. The van der Waals surface area contributed by atoms with Gasteiger partial charge < -0.3 is 21.0 Å². The molecule has 1 heterocycles. The number of hydrogen-bond acceptors (Lipinski definition) is 4. The van der Waals surface area contributed by atoms with E-state index in [0.29, 0.717) is 31.7 Å². The summed E-state index contributed by atoms with van der Waals surface area (Å²) in [5.74, 6) is -0.359. The number of amidine groups is 1. The van der Waals surface area contributed by atoms with E-state index in [0.717, 1.165) is 4.47 Å². The molecule has 1 aliphatic rings. The van der Waals surface area contributed by atoms with Crippen LogP contribution < -0.4 is 11.1 Å². The summed E-state index contributed by atoms with van der Waals surface area (Å²) in [6.45, 7) is 0.810. The summed E-state index contributed by atoms with van der Waals surface area (Å²) in [6.07, 6.45) is 0.783. The van der Waals surface area contributed by atoms with E-state index in [-0.39, 0.29) is 11.7 Å². The molecule has 7 heteroatoms. The first kappa shape index (κ1) is 14.8. The Morgan fingerprint density at radius 2 is 2.15 bits per heavy atom. The van der Waals surface area contributed by atoms with Gasteiger partial charge in [-0.05, 0) is 31.0 Å². The van der Waals surface area contributed by atoms with E-state index in [1.807, 2.05) is 12.1 Å². The molecule has 6 nitrogen and oxygen atoms in total. The van der Waals surface area contributed by atoms with Crippen LogP contribution in [0.3, 0.4) is 0 Å². The van der Waals surface area contributed by atoms with E-state index in [4.69, 9.17) is 15.7 Å². The number of anilines is 1. The molecule has 0 spiro atoms. The maximum atomic E-state index is 12.5. The fourth-order valence-electron chi connectivity index (χ4n) is 2.23. The molecule has 20 heavy (non-hydrogen) atoms. The van der Waals surface area contributed by atoms with Crippen molar-refractivity contribution in [2.75, 3.05) is 18.5 Å². The number of oxime groups is 1. The zero-order chi connectivity index (χ0) is 14.6. The Bertz CT molecular complexity index is 527. The summed E-state index contributed by atoms with van der Waals surface area (Å²) < 4.78 is 6.12. The van der Waals surface area contributed by atoms with E-state index in [1.165, 1.54) is 0 Å². The van der Waals surface area contributed by atoms with Crippen LogP contribution in [0.1, 0.15) is 12.8 Å². The van der Waals surface area contributed by atoms with Gasteiger partial charge in [-0.2, -0.15) is 0 Å². The van der Waals surface area contributed by atoms with Crippen molar-refractivity contribution in [2.45, 2.75) is 12.8 Å². The largest absolute Gasteiger partial charge is 0.409 e. The van der Waals surface area contributed by atoms with Crippen molar-refractivity contribution in [3.8, 4) is 0 Å². The van der Waals surface area contributed by atoms with Gasteiger partial charge in [-0.15, -0.1) is 0 Å². The molecular weight excluding hydrogens is 326 g/mol. The van der Waals surface area contributed by atoms with Gasteiger partial charge in [-0.3, -0.25) is 4.79 Å². The third kappa shape index (κ3) is 2.94. The van der Waals surface area contributed by atoms with Crippen LogP contribution in [-0.4, -0.2) is 30.2 Å². The van der Waals surface area contributed by atoms with E-state index < -0.39 is 5.41 Å². The Hall–Kier alpha value is -1.60. The van der Waals surface area contributed by atoms with Crippen LogP contribution >= 0.6 is 15.9 Å². The van der Waals surface area contributed by atoms with Gasteiger partial charge in [-0.25, -0.2) is 0 Å². The summed E-state index contributed by atoms with van der Waals surface area (Å²) in [4.78, 5) is 12.5. The predicted molar refractivity (Wildman–Crippen MR) is 78.7 cm³/mol. The first-order chi connectivity index (χ1) is 9.58. The summed E-state index contributed by atoms with van der Waals surface area (Å²) in [6, 6.07) is 7.25. The van der Waals surface area contributed by atoms with Crippen LogP contribution in [0.5, 0.6) is 0 Å². The molecule has 108 valence electrons. The standard InChI is InChI=1S/C13H16BrN3O3/c14-9-2-1-3-10(8-9)16-12(18)13(11(15)17-19)4-6-20-7-5-13/h1-3,8,19H,4-7H2,(H2,15,17)(H,16,18). The molecule has 0 radical (unpaired) electrons. The molecule has 0 bridgehead atoms. The van der Waals surface area contributed by atoms with Crippen molar-refractivity contribution in [1.29, 1.82) is 0 Å². The molecular formula is C13H16BrN3O3. The highest BCUT2D eigenvalue weighted by Gasteiger charge is 2.44. The fourth-order valence-corrected chi connectivity index (χ4v) is 2.63. The minimum Gasteiger partial charge on any atom is -0.409 e. The number of carbonyl (C=O) groups excluding carboxylic acids is 1. The second-order valence-corrected chi connectivity index (χ2v) is 5.56. The van der Waals surface area contributed by atoms with E-state index in [1.54, 1.807) is 12.1 Å². The van der Waals surface area contributed by atoms with Crippen LogP contribution in [0.15, 0.2) is 33.9 Å². The highest BCUT2D eigenvalue weighted by atomic mass is 79.9. The monoisotopic (exact) mass is 341 g/mol. The van der Waals surface area contributed by atoms with Crippen LogP contribution in [0.2, 0.25) is 0 Å². The Morgan fingerprint density at radius 1 is 1.45 bits per heavy atom. The van der Waals surface area contributed by atoms with Crippen LogP contribution in [0.25, 0.3) is 0 Å². The third-order valence-corrected chi connectivity index (χ3v) is 3.95. The molecule has 0 aliphatic carbocycles. The number of nitrogens with one attached hydrogen (secondary N) is 1. The van der Waals surface area contributed by atoms with Gasteiger partial charge in [0, 0.05) is 23.4 Å². The van der Waals surface area contributed by atoms with Crippen molar-refractivity contribution < 1.29 is 14.7 Å². The third-order valence-electron chi connectivity index (χ3n) is 3.46. The quantitative estimate of drug-likeness (QED) is 0.338. The number of nitrogens with zero attached hydrogens (tertiary/aromatic N) is 1. The number of halogens is 1. The summed E-state index contributed by atoms with van der Waals surface area (Å²) in [5.41, 5.74) is 5.38. The summed E-state index contributed by atoms with van der Waals surface area (Å²) in [5, 5.41) is 14.8. The topological polar surface area (TPSA) is 96.9 Å². The number of carbonyl (C=O) groups is 1. The van der Waals surface area contributed by atoms with Gasteiger partial charge in [0.25, 0.3) is 0 Å². The predicted octanol–water partition coefficient (Wildman–Crippen LogP) is 1.93. The Labute approximate surface area is 125 Å². The first-order valence-corrected chi connectivity index (χ1v) is 7.00. The van der Waals surface area contributed by atoms with Crippen LogP contribution in [0, 0.1) is 5.41 Å². The van der Waals surface area contributed by atoms with Gasteiger partial charge >= 0.3 is 0 Å². The molecule has 0 aromatic heterocycles. The van der Waals surface area contributed by atoms with E-state index in [9.17, 15) is 4.79 Å². The average Bonchev–Trinajstić information content (AvgIpc) is 2.47. The lowest BCUT2D eigenvalue weighted by Gasteiger charge is -2.34. The summed E-state index contributed by atoms with van der Waals surface area (Å²) >= 11 is 3.34. The van der Waals surface area contributed by atoms with Crippen molar-refractivity contribution in [3.05, 3.63) is 28.7 Å². The number of nitrogens with two attached hydrogens (primary N) is 1. The number of ether oxygens (including phenoxy) is 1. The van der Waals surface area contributed by atoms with Gasteiger partial charge in [-0.1, -0.05) is 27.2 Å².